The fraction of sp³-hybridized carbons (Fsp3) is 0.600. The van der Waals surface area contributed by atoms with Gasteiger partial charge in [-0.3, -0.25) is 4.90 Å². The predicted molar refractivity (Wildman–Crippen MR) is 84.1 cm³/mol. The van der Waals surface area contributed by atoms with Gasteiger partial charge in [0.25, 0.3) is 0 Å². The second-order valence-corrected chi connectivity index (χ2v) is 6.32. The number of hydrogen-bond donors (Lipinski definition) is 1. The maximum absolute atomic E-state index is 6.02. The van der Waals surface area contributed by atoms with Crippen molar-refractivity contribution in [2.75, 3.05) is 26.4 Å². The van der Waals surface area contributed by atoms with Crippen molar-refractivity contribution in [1.82, 2.24) is 4.90 Å². The molecule has 1 unspecified atom stereocenters. The van der Waals surface area contributed by atoms with Gasteiger partial charge in [0.05, 0.1) is 4.47 Å². The standard InChI is InChI=1S/C15H23BrN2O2/c1-4-18(8-10(2)3)13(7-17)11-5-12(16)15-14(6-11)19-9-20-15/h5-6,10,13H,4,7-9,17H2,1-3H3. The molecule has 1 aliphatic rings. The van der Waals surface area contributed by atoms with Crippen LogP contribution in [-0.2, 0) is 0 Å². The van der Waals surface area contributed by atoms with Gasteiger partial charge in [0.15, 0.2) is 11.5 Å². The minimum absolute atomic E-state index is 0.202. The van der Waals surface area contributed by atoms with Crippen molar-refractivity contribution in [2.45, 2.75) is 26.8 Å². The largest absolute Gasteiger partial charge is 0.454 e. The predicted octanol–water partition coefficient (Wildman–Crippen LogP) is 3.16. The van der Waals surface area contributed by atoms with Crippen molar-refractivity contribution >= 4 is 15.9 Å². The Kier molecular flexibility index (Phi) is 5.29. The van der Waals surface area contributed by atoms with Crippen LogP contribution in [0.25, 0.3) is 0 Å². The molecule has 0 saturated heterocycles. The van der Waals surface area contributed by atoms with Crippen LogP contribution in [0.5, 0.6) is 11.5 Å². The normalized spacial score (nSPS) is 15.2. The Morgan fingerprint density at radius 3 is 2.70 bits per heavy atom. The number of nitrogens with two attached hydrogens (primary N) is 1. The monoisotopic (exact) mass is 342 g/mol. The summed E-state index contributed by atoms with van der Waals surface area (Å²) >= 11 is 3.55. The molecule has 1 heterocycles. The summed E-state index contributed by atoms with van der Waals surface area (Å²) in [7, 11) is 0. The second-order valence-electron chi connectivity index (χ2n) is 5.47. The third-order valence-electron chi connectivity index (χ3n) is 3.50. The van der Waals surface area contributed by atoms with E-state index in [1.54, 1.807) is 0 Å². The average molecular weight is 343 g/mol. The molecular weight excluding hydrogens is 320 g/mol. The molecule has 0 amide bonds. The molecule has 0 saturated carbocycles. The Morgan fingerprint density at radius 2 is 2.10 bits per heavy atom. The van der Waals surface area contributed by atoms with Gasteiger partial charge in [-0.15, -0.1) is 0 Å². The van der Waals surface area contributed by atoms with Crippen molar-refractivity contribution in [1.29, 1.82) is 0 Å². The Morgan fingerprint density at radius 1 is 1.35 bits per heavy atom. The SMILES string of the molecule is CCN(CC(C)C)C(CN)c1cc(Br)c2c(c1)OCO2. The molecule has 4 nitrogen and oxygen atoms in total. The van der Waals surface area contributed by atoms with Crippen LogP contribution in [0.3, 0.4) is 0 Å². The van der Waals surface area contributed by atoms with Gasteiger partial charge in [0.1, 0.15) is 0 Å². The van der Waals surface area contributed by atoms with Crippen LogP contribution in [0.1, 0.15) is 32.4 Å². The Labute approximate surface area is 129 Å². The summed E-state index contributed by atoms with van der Waals surface area (Å²) in [5.74, 6) is 2.20. The molecule has 1 aromatic rings. The lowest BCUT2D eigenvalue weighted by molar-refractivity contribution is 0.173. The van der Waals surface area contributed by atoms with E-state index in [1.807, 2.05) is 6.07 Å². The number of nitrogens with zero attached hydrogens (tertiary/aromatic N) is 1. The van der Waals surface area contributed by atoms with Gasteiger partial charge >= 0.3 is 0 Å². The highest BCUT2D eigenvalue weighted by atomic mass is 79.9. The van der Waals surface area contributed by atoms with Gasteiger partial charge in [-0.1, -0.05) is 20.8 Å². The van der Waals surface area contributed by atoms with Crippen molar-refractivity contribution < 1.29 is 9.47 Å². The van der Waals surface area contributed by atoms with Crippen molar-refractivity contribution in [3.8, 4) is 11.5 Å². The van der Waals surface area contributed by atoms with E-state index >= 15 is 0 Å². The van der Waals surface area contributed by atoms with E-state index in [2.05, 4.69) is 47.7 Å². The van der Waals surface area contributed by atoms with Crippen LogP contribution in [0.2, 0.25) is 0 Å². The highest BCUT2D eigenvalue weighted by molar-refractivity contribution is 9.10. The number of fused-ring (bicyclic) bond motifs is 1. The molecule has 112 valence electrons. The first-order chi connectivity index (χ1) is 9.56. The Hall–Kier alpha value is -0.780. The quantitative estimate of drug-likeness (QED) is 0.862. The van der Waals surface area contributed by atoms with Gasteiger partial charge in [0, 0.05) is 19.1 Å². The minimum atomic E-state index is 0.202. The van der Waals surface area contributed by atoms with Gasteiger partial charge < -0.3 is 15.2 Å². The minimum Gasteiger partial charge on any atom is -0.454 e. The van der Waals surface area contributed by atoms with Crippen LogP contribution in [0, 0.1) is 5.92 Å². The summed E-state index contributed by atoms with van der Waals surface area (Å²) in [6, 6.07) is 4.34. The Balaban J connectivity index is 2.29. The van der Waals surface area contributed by atoms with E-state index < -0.39 is 0 Å². The molecule has 20 heavy (non-hydrogen) atoms. The molecule has 1 atom stereocenters. The number of hydrogen-bond acceptors (Lipinski definition) is 4. The lowest BCUT2D eigenvalue weighted by atomic mass is 10.0. The lowest BCUT2D eigenvalue weighted by Gasteiger charge is -2.31. The number of halogens is 1. The first-order valence-electron chi connectivity index (χ1n) is 7.10. The zero-order valence-corrected chi connectivity index (χ0v) is 13.9. The van der Waals surface area contributed by atoms with E-state index in [9.17, 15) is 0 Å². The third-order valence-corrected chi connectivity index (χ3v) is 4.09. The summed E-state index contributed by atoms with van der Waals surface area (Å²) in [6.07, 6.45) is 0. The number of benzene rings is 1. The van der Waals surface area contributed by atoms with Gasteiger partial charge in [-0.05, 0) is 46.1 Å². The van der Waals surface area contributed by atoms with Gasteiger partial charge in [0.2, 0.25) is 6.79 Å². The van der Waals surface area contributed by atoms with Crippen molar-refractivity contribution in [3.05, 3.63) is 22.2 Å². The molecule has 0 radical (unpaired) electrons. The molecule has 0 aromatic heterocycles. The van der Waals surface area contributed by atoms with Crippen molar-refractivity contribution in [3.63, 3.8) is 0 Å². The molecule has 1 aliphatic heterocycles. The van der Waals surface area contributed by atoms with E-state index in [1.165, 1.54) is 5.56 Å². The van der Waals surface area contributed by atoms with Crippen LogP contribution in [0.4, 0.5) is 0 Å². The van der Waals surface area contributed by atoms with Crippen molar-refractivity contribution in [2.24, 2.45) is 11.7 Å². The molecule has 0 spiro atoms. The van der Waals surface area contributed by atoms with E-state index in [0.29, 0.717) is 12.5 Å². The molecule has 0 bridgehead atoms. The summed E-state index contributed by atoms with van der Waals surface area (Å²) in [6.45, 7) is 9.52. The van der Waals surface area contributed by atoms with Crippen LogP contribution in [-0.4, -0.2) is 31.3 Å². The molecule has 0 fully saturated rings. The molecule has 2 rings (SSSR count). The zero-order chi connectivity index (χ0) is 14.7. The molecule has 0 aliphatic carbocycles. The first-order valence-corrected chi connectivity index (χ1v) is 7.89. The number of rotatable bonds is 6. The fourth-order valence-electron chi connectivity index (χ4n) is 2.62. The van der Waals surface area contributed by atoms with Crippen LogP contribution in [0.15, 0.2) is 16.6 Å². The topological polar surface area (TPSA) is 47.7 Å². The molecular formula is C15H23BrN2O2. The highest BCUT2D eigenvalue weighted by Crippen LogP contribution is 2.41. The maximum atomic E-state index is 6.02. The summed E-state index contributed by atoms with van der Waals surface area (Å²) in [4.78, 5) is 2.41. The molecule has 5 heteroatoms. The lowest BCUT2D eigenvalue weighted by Crippen LogP contribution is -2.36. The Bertz CT molecular complexity index is 465. The third kappa shape index (κ3) is 3.27. The summed E-state index contributed by atoms with van der Waals surface area (Å²) in [5.41, 5.74) is 7.20. The maximum Gasteiger partial charge on any atom is 0.231 e. The van der Waals surface area contributed by atoms with E-state index in [0.717, 1.165) is 29.1 Å². The van der Waals surface area contributed by atoms with Crippen LogP contribution >= 0.6 is 15.9 Å². The summed E-state index contributed by atoms with van der Waals surface area (Å²) in [5, 5.41) is 0. The van der Waals surface area contributed by atoms with Gasteiger partial charge in [-0.25, -0.2) is 0 Å². The van der Waals surface area contributed by atoms with E-state index in [4.69, 9.17) is 15.2 Å². The van der Waals surface area contributed by atoms with E-state index in [-0.39, 0.29) is 12.8 Å². The molecule has 2 N–H and O–H groups in total. The fourth-order valence-corrected chi connectivity index (χ4v) is 3.20. The second kappa shape index (κ2) is 6.78. The zero-order valence-electron chi connectivity index (χ0n) is 12.4. The van der Waals surface area contributed by atoms with Crippen LogP contribution < -0.4 is 15.2 Å². The highest BCUT2D eigenvalue weighted by Gasteiger charge is 2.24. The molecule has 1 aromatic carbocycles. The number of likely N-dealkylation sites (N-methyl/N-ethyl adjacent to an activating group) is 1. The smallest absolute Gasteiger partial charge is 0.231 e. The average Bonchev–Trinajstić information content (AvgIpc) is 2.86. The first kappa shape index (κ1) is 15.6. The number of ether oxygens (including phenoxy) is 2. The summed E-state index contributed by atoms with van der Waals surface area (Å²) < 4.78 is 11.9. The van der Waals surface area contributed by atoms with Gasteiger partial charge in [-0.2, -0.15) is 0 Å².